The third kappa shape index (κ3) is 4.01. The summed E-state index contributed by atoms with van der Waals surface area (Å²) < 4.78 is 11.2. The highest BCUT2D eigenvalue weighted by Crippen LogP contribution is 2.31. The first-order valence-electron chi connectivity index (χ1n) is 9.61. The van der Waals surface area contributed by atoms with Crippen LogP contribution in [0.3, 0.4) is 0 Å². The topological polar surface area (TPSA) is 75.9 Å². The van der Waals surface area contributed by atoms with Crippen molar-refractivity contribution in [2.24, 2.45) is 5.10 Å². The van der Waals surface area contributed by atoms with E-state index in [4.69, 9.17) is 9.15 Å². The molecule has 0 radical (unpaired) electrons. The number of nitrogens with zero attached hydrogens (tertiary/aromatic N) is 1. The molecule has 2 aromatic carbocycles. The summed E-state index contributed by atoms with van der Waals surface area (Å²) in [5, 5.41) is 7.48. The highest BCUT2D eigenvalue weighted by atomic mass is 16.5. The van der Waals surface area contributed by atoms with Gasteiger partial charge in [-0.1, -0.05) is 24.3 Å². The fourth-order valence-corrected chi connectivity index (χ4v) is 3.53. The number of ether oxygens (including phenoxy) is 1. The van der Waals surface area contributed by atoms with Gasteiger partial charge in [0.05, 0.1) is 18.5 Å². The normalized spacial score (nSPS) is 14.3. The van der Waals surface area contributed by atoms with Gasteiger partial charge in [0.1, 0.15) is 11.5 Å². The molecule has 0 saturated carbocycles. The van der Waals surface area contributed by atoms with E-state index in [1.165, 1.54) is 0 Å². The lowest BCUT2D eigenvalue weighted by Crippen LogP contribution is -2.14. The zero-order valence-electron chi connectivity index (χ0n) is 16.5. The van der Waals surface area contributed by atoms with E-state index < -0.39 is 0 Å². The van der Waals surface area contributed by atoms with Crippen LogP contribution in [-0.2, 0) is 6.42 Å². The number of aryl methyl sites for hydroxylation is 1. The Hall–Kier alpha value is -3.54. The van der Waals surface area contributed by atoms with E-state index in [1.54, 1.807) is 13.2 Å². The molecule has 0 fully saturated rings. The molecule has 0 bridgehead atoms. The van der Waals surface area contributed by atoms with E-state index in [0.29, 0.717) is 17.2 Å². The van der Waals surface area contributed by atoms with E-state index in [-0.39, 0.29) is 5.91 Å². The first kappa shape index (κ1) is 18.8. The molecule has 29 heavy (non-hydrogen) atoms. The van der Waals surface area contributed by atoms with Crippen LogP contribution in [-0.4, -0.2) is 18.7 Å². The molecule has 0 aliphatic heterocycles. The molecule has 0 unspecified atom stereocenters. The number of fused-ring (bicyclic) bond motifs is 1. The first-order chi connectivity index (χ1) is 14.2. The van der Waals surface area contributed by atoms with Crippen molar-refractivity contribution in [1.29, 1.82) is 0 Å². The van der Waals surface area contributed by atoms with Crippen LogP contribution in [0.1, 0.15) is 40.3 Å². The number of methoxy groups -OCH3 is 1. The molecular formula is C23H23N3O3. The van der Waals surface area contributed by atoms with Gasteiger partial charge in [0.15, 0.2) is 5.76 Å². The number of hydrogen-bond acceptors (Lipinski definition) is 5. The van der Waals surface area contributed by atoms with Crippen LogP contribution in [0.5, 0.6) is 5.75 Å². The minimum absolute atomic E-state index is 0.277. The Balaban J connectivity index is 1.59. The Kier molecular flexibility index (Phi) is 5.33. The Labute approximate surface area is 169 Å². The number of carbonyl (C=O) groups excluding carboxylic acids is 1. The van der Waals surface area contributed by atoms with Crippen molar-refractivity contribution in [1.82, 2.24) is 0 Å². The van der Waals surface area contributed by atoms with Crippen LogP contribution < -0.4 is 15.5 Å². The minimum atomic E-state index is -0.277. The zero-order valence-corrected chi connectivity index (χ0v) is 16.5. The van der Waals surface area contributed by atoms with Crippen LogP contribution in [0, 0.1) is 6.92 Å². The molecule has 0 saturated heterocycles. The maximum Gasteiger partial charge on any atom is 0.291 e. The van der Waals surface area contributed by atoms with Crippen molar-refractivity contribution in [3.63, 3.8) is 0 Å². The van der Waals surface area contributed by atoms with Gasteiger partial charge in [-0.25, -0.2) is 0 Å². The molecule has 1 heterocycles. The van der Waals surface area contributed by atoms with Crippen LogP contribution in [0.15, 0.2) is 64.1 Å². The molecule has 1 aromatic heterocycles. The average molecular weight is 389 g/mol. The summed E-state index contributed by atoms with van der Waals surface area (Å²) in [4.78, 5) is 12.8. The maximum atomic E-state index is 12.8. The van der Waals surface area contributed by atoms with Gasteiger partial charge in [-0.3, -0.25) is 10.2 Å². The fourth-order valence-electron chi connectivity index (χ4n) is 3.53. The quantitative estimate of drug-likeness (QED) is 0.602. The number of furan rings is 1. The van der Waals surface area contributed by atoms with E-state index in [9.17, 15) is 4.79 Å². The number of rotatable bonds is 5. The molecule has 1 aliphatic rings. The summed E-state index contributed by atoms with van der Waals surface area (Å²) in [5.74, 6) is 1.55. The summed E-state index contributed by atoms with van der Waals surface area (Å²) in [6, 6.07) is 17.0. The van der Waals surface area contributed by atoms with E-state index in [0.717, 1.165) is 47.5 Å². The van der Waals surface area contributed by atoms with Gasteiger partial charge in [-0.05, 0) is 44.0 Å². The lowest BCUT2D eigenvalue weighted by atomic mass is 9.93. The number of hydrogen-bond donors (Lipinski definition) is 2. The molecule has 0 atom stereocenters. The fraction of sp³-hybridized carbons (Fsp3) is 0.217. The van der Waals surface area contributed by atoms with Gasteiger partial charge in [-0.2, -0.15) is 5.10 Å². The highest BCUT2D eigenvalue weighted by Gasteiger charge is 2.28. The molecular weight excluding hydrogens is 366 g/mol. The predicted octanol–water partition coefficient (Wildman–Crippen LogP) is 5.00. The van der Waals surface area contributed by atoms with Crippen molar-refractivity contribution < 1.29 is 13.9 Å². The van der Waals surface area contributed by atoms with Crippen molar-refractivity contribution in [3.05, 3.63) is 77.2 Å². The number of carbonyl (C=O) groups is 1. The molecule has 2 N–H and O–H groups in total. The number of benzene rings is 2. The van der Waals surface area contributed by atoms with Gasteiger partial charge in [0.25, 0.3) is 5.91 Å². The summed E-state index contributed by atoms with van der Waals surface area (Å²) in [7, 11) is 1.59. The largest absolute Gasteiger partial charge is 0.497 e. The standard InChI is InChI=1S/C23H23N3O3/c1-15-21-19(26-25-16-8-4-3-5-9-16)12-7-13-20(21)29-22(15)23(27)24-17-10-6-11-18(14-17)28-2/h3-6,8-11,14,25H,7,12-13H2,1-2H3,(H,24,27)/b26-19+. The number of amides is 1. The lowest BCUT2D eigenvalue weighted by molar-refractivity contribution is 0.0994. The van der Waals surface area contributed by atoms with Gasteiger partial charge >= 0.3 is 0 Å². The summed E-state index contributed by atoms with van der Waals surface area (Å²) in [6.45, 7) is 1.91. The van der Waals surface area contributed by atoms with Gasteiger partial charge in [0, 0.05) is 29.3 Å². The second-order valence-corrected chi connectivity index (χ2v) is 6.93. The Morgan fingerprint density at radius 3 is 2.66 bits per heavy atom. The number of para-hydroxylation sites is 1. The van der Waals surface area contributed by atoms with Crippen LogP contribution in [0.25, 0.3) is 0 Å². The Bertz CT molecular complexity index is 1050. The van der Waals surface area contributed by atoms with Crippen molar-refractivity contribution >= 4 is 23.0 Å². The van der Waals surface area contributed by atoms with Crippen molar-refractivity contribution in [2.45, 2.75) is 26.2 Å². The second-order valence-electron chi connectivity index (χ2n) is 6.93. The summed E-state index contributed by atoms with van der Waals surface area (Å²) in [6.07, 6.45) is 2.57. The molecule has 148 valence electrons. The Morgan fingerprint density at radius 1 is 1.07 bits per heavy atom. The predicted molar refractivity (Wildman–Crippen MR) is 114 cm³/mol. The Morgan fingerprint density at radius 2 is 1.86 bits per heavy atom. The zero-order chi connectivity index (χ0) is 20.2. The van der Waals surface area contributed by atoms with Gasteiger partial charge < -0.3 is 14.5 Å². The molecule has 6 nitrogen and oxygen atoms in total. The van der Waals surface area contributed by atoms with E-state index in [1.807, 2.05) is 55.5 Å². The smallest absolute Gasteiger partial charge is 0.291 e. The van der Waals surface area contributed by atoms with Crippen LogP contribution >= 0.6 is 0 Å². The first-order valence-corrected chi connectivity index (χ1v) is 9.61. The number of anilines is 2. The minimum Gasteiger partial charge on any atom is -0.497 e. The number of nitrogens with one attached hydrogen (secondary N) is 2. The molecule has 3 aromatic rings. The SMILES string of the molecule is COc1cccc(NC(=O)c2oc3c(c2C)/C(=N/Nc2ccccc2)CCC3)c1. The van der Waals surface area contributed by atoms with Gasteiger partial charge in [-0.15, -0.1) is 0 Å². The number of hydrazone groups is 1. The van der Waals surface area contributed by atoms with Crippen molar-refractivity contribution in [3.8, 4) is 5.75 Å². The summed E-state index contributed by atoms with van der Waals surface area (Å²) >= 11 is 0. The molecule has 1 aliphatic carbocycles. The second kappa shape index (κ2) is 8.22. The van der Waals surface area contributed by atoms with Crippen molar-refractivity contribution in [2.75, 3.05) is 17.9 Å². The lowest BCUT2D eigenvalue weighted by Gasteiger charge is -2.13. The maximum absolute atomic E-state index is 12.8. The van der Waals surface area contributed by atoms with Gasteiger partial charge in [0.2, 0.25) is 0 Å². The monoisotopic (exact) mass is 389 g/mol. The van der Waals surface area contributed by atoms with E-state index >= 15 is 0 Å². The van der Waals surface area contributed by atoms with Crippen LogP contribution in [0.4, 0.5) is 11.4 Å². The third-order valence-corrected chi connectivity index (χ3v) is 4.95. The molecule has 0 spiro atoms. The summed E-state index contributed by atoms with van der Waals surface area (Å²) in [5.41, 5.74) is 7.35. The molecule has 4 rings (SSSR count). The third-order valence-electron chi connectivity index (χ3n) is 4.95. The molecule has 1 amide bonds. The van der Waals surface area contributed by atoms with Crippen LogP contribution in [0.2, 0.25) is 0 Å². The molecule has 6 heteroatoms. The highest BCUT2D eigenvalue weighted by molar-refractivity contribution is 6.09. The van der Waals surface area contributed by atoms with E-state index in [2.05, 4.69) is 15.8 Å². The average Bonchev–Trinajstić information content (AvgIpc) is 3.10.